The van der Waals surface area contributed by atoms with E-state index in [9.17, 15) is 14.4 Å². The smallest absolute Gasteiger partial charge is 0.410 e. The minimum absolute atomic E-state index is 0.0630. The molecule has 1 saturated heterocycles. The van der Waals surface area contributed by atoms with Crippen LogP contribution in [-0.4, -0.2) is 56.8 Å². The van der Waals surface area contributed by atoms with Crippen LogP contribution in [0.25, 0.3) is 0 Å². The molecule has 1 fully saturated rings. The number of nitrogens with zero attached hydrogens (tertiary/aromatic N) is 4. The molecule has 0 spiro atoms. The molecule has 1 aromatic rings. The van der Waals surface area contributed by atoms with E-state index in [1.165, 1.54) is 6.92 Å². The van der Waals surface area contributed by atoms with Crippen molar-refractivity contribution in [2.75, 3.05) is 11.4 Å². The first-order valence-corrected chi connectivity index (χ1v) is 9.17. The summed E-state index contributed by atoms with van der Waals surface area (Å²) >= 11 is 0. The van der Waals surface area contributed by atoms with E-state index in [2.05, 4.69) is 10.4 Å². The summed E-state index contributed by atoms with van der Waals surface area (Å²) in [4.78, 5) is 39.6. The topological polar surface area (TPSA) is 96.8 Å². The molecule has 1 N–H and O–H groups in total. The molecule has 27 heavy (non-hydrogen) atoms. The number of carbonyl (C=O) groups is 3. The third kappa shape index (κ3) is 4.06. The van der Waals surface area contributed by atoms with Crippen LogP contribution >= 0.6 is 0 Å². The van der Waals surface area contributed by atoms with Gasteiger partial charge in [-0.3, -0.25) is 19.2 Å². The zero-order valence-electron chi connectivity index (χ0n) is 16.5. The van der Waals surface area contributed by atoms with Crippen LogP contribution < -0.4 is 10.2 Å². The van der Waals surface area contributed by atoms with E-state index in [4.69, 9.17) is 4.74 Å². The van der Waals surface area contributed by atoms with E-state index in [0.29, 0.717) is 25.3 Å². The van der Waals surface area contributed by atoms with E-state index >= 15 is 0 Å². The summed E-state index contributed by atoms with van der Waals surface area (Å²) < 4.78 is 7.35. The van der Waals surface area contributed by atoms with E-state index in [1.807, 2.05) is 32.4 Å². The Kier molecular flexibility index (Phi) is 4.88. The highest BCUT2D eigenvalue weighted by Crippen LogP contribution is 2.30. The molecule has 0 aliphatic carbocycles. The van der Waals surface area contributed by atoms with E-state index < -0.39 is 5.60 Å². The lowest BCUT2D eigenvalue weighted by molar-refractivity contribution is -0.119. The van der Waals surface area contributed by atoms with Crippen LogP contribution in [0.3, 0.4) is 0 Å². The van der Waals surface area contributed by atoms with E-state index in [0.717, 1.165) is 5.69 Å². The van der Waals surface area contributed by atoms with Crippen molar-refractivity contribution in [3.05, 3.63) is 11.9 Å². The van der Waals surface area contributed by atoms with Crippen molar-refractivity contribution in [3.8, 4) is 0 Å². The molecule has 148 valence electrons. The molecule has 2 aliphatic heterocycles. The Hall–Kier alpha value is -2.58. The molecule has 3 rings (SSSR count). The van der Waals surface area contributed by atoms with Gasteiger partial charge < -0.3 is 15.0 Å². The molecule has 2 atom stereocenters. The molecule has 1 aromatic heterocycles. The summed E-state index contributed by atoms with van der Waals surface area (Å²) in [5.74, 6) is -0.219. The first-order chi connectivity index (χ1) is 12.5. The third-order valence-electron chi connectivity index (χ3n) is 4.67. The second kappa shape index (κ2) is 6.86. The van der Waals surface area contributed by atoms with Gasteiger partial charge in [0.15, 0.2) is 0 Å². The van der Waals surface area contributed by atoms with Gasteiger partial charge in [-0.2, -0.15) is 5.10 Å². The first-order valence-electron chi connectivity index (χ1n) is 9.17. The highest BCUT2D eigenvalue weighted by Gasteiger charge is 2.37. The van der Waals surface area contributed by atoms with Crippen molar-refractivity contribution in [2.45, 2.75) is 71.8 Å². The predicted octanol–water partition coefficient (Wildman–Crippen LogP) is 1.26. The number of fused-ring (bicyclic) bond motifs is 1. The average Bonchev–Trinajstić information content (AvgIpc) is 3.06. The van der Waals surface area contributed by atoms with Crippen molar-refractivity contribution < 1.29 is 19.1 Å². The van der Waals surface area contributed by atoms with Crippen molar-refractivity contribution >= 4 is 23.6 Å². The molecule has 1 unspecified atom stereocenters. The zero-order chi connectivity index (χ0) is 19.9. The molecular formula is C18H27N5O4. The minimum atomic E-state index is -0.576. The van der Waals surface area contributed by atoms with Gasteiger partial charge in [-0.15, -0.1) is 0 Å². The van der Waals surface area contributed by atoms with Gasteiger partial charge in [0.05, 0.1) is 42.8 Å². The van der Waals surface area contributed by atoms with Gasteiger partial charge in [-0.1, -0.05) is 0 Å². The molecule has 0 saturated carbocycles. The van der Waals surface area contributed by atoms with Crippen LogP contribution in [0.5, 0.6) is 0 Å². The lowest BCUT2D eigenvalue weighted by atomic mass is 10.2. The van der Waals surface area contributed by atoms with Crippen molar-refractivity contribution in [1.29, 1.82) is 0 Å². The third-order valence-corrected chi connectivity index (χ3v) is 4.67. The predicted molar refractivity (Wildman–Crippen MR) is 98.0 cm³/mol. The number of hydrogen-bond donors (Lipinski definition) is 1. The normalized spacial score (nSPS) is 22.6. The number of aromatic nitrogens is 2. The fourth-order valence-corrected chi connectivity index (χ4v) is 3.50. The number of rotatable bonds is 2. The van der Waals surface area contributed by atoms with Gasteiger partial charge in [0, 0.05) is 19.9 Å². The fraction of sp³-hybridized carbons (Fsp3) is 0.667. The Bertz CT molecular complexity index is 766. The highest BCUT2D eigenvalue weighted by atomic mass is 16.6. The standard InChI is InChI=1S/C18H27N5O4/c1-11-8-23-15(10-21(11)17(26)27-18(3,4)5)14(7-19-23)22-9-13(6-16(22)25)20-12(2)24/h7,11,13H,6,8-10H2,1-5H3,(H,20,24)/t11-,13?/m0/s1. The van der Waals surface area contributed by atoms with Crippen LogP contribution in [-0.2, 0) is 27.4 Å². The van der Waals surface area contributed by atoms with Crippen molar-refractivity contribution in [3.63, 3.8) is 0 Å². The second-order valence-corrected chi connectivity index (χ2v) is 8.22. The summed E-state index contributed by atoms with van der Waals surface area (Å²) in [6, 6.07) is -0.281. The summed E-state index contributed by atoms with van der Waals surface area (Å²) in [6.45, 7) is 10.1. The second-order valence-electron chi connectivity index (χ2n) is 8.22. The van der Waals surface area contributed by atoms with Crippen molar-refractivity contribution in [1.82, 2.24) is 20.0 Å². The van der Waals surface area contributed by atoms with Gasteiger partial charge in [0.2, 0.25) is 11.8 Å². The Balaban J connectivity index is 1.80. The summed E-state index contributed by atoms with van der Waals surface area (Å²) in [5, 5.41) is 7.19. The fourth-order valence-electron chi connectivity index (χ4n) is 3.50. The maximum Gasteiger partial charge on any atom is 0.410 e. The Labute approximate surface area is 158 Å². The lowest BCUT2D eigenvalue weighted by Gasteiger charge is -2.36. The highest BCUT2D eigenvalue weighted by molar-refractivity contribution is 5.97. The molecule has 2 aliphatic rings. The maximum atomic E-state index is 12.6. The van der Waals surface area contributed by atoms with Crippen LogP contribution in [0.1, 0.15) is 46.7 Å². The summed E-state index contributed by atoms with van der Waals surface area (Å²) in [7, 11) is 0. The Morgan fingerprint density at radius 3 is 2.63 bits per heavy atom. The molecule has 3 heterocycles. The Morgan fingerprint density at radius 2 is 2.00 bits per heavy atom. The number of nitrogens with one attached hydrogen (secondary N) is 1. The van der Waals surface area contributed by atoms with Gasteiger partial charge in [-0.05, 0) is 27.7 Å². The first kappa shape index (κ1) is 19.2. The maximum absolute atomic E-state index is 12.6. The van der Waals surface area contributed by atoms with Crippen molar-refractivity contribution in [2.24, 2.45) is 0 Å². The lowest BCUT2D eigenvalue weighted by Crippen LogP contribution is -2.47. The number of amides is 3. The molecule has 3 amide bonds. The summed E-state index contributed by atoms with van der Waals surface area (Å²) in [5.41, 5.74) is 0.914. The molecule has 0 aromatic carbocycles. The van der Waals surface area contributed by atoms with Crippen LogP contribution in [0.15, 0.2) is 6.20 Å². The monoisotopic (exact) mass is 377 g/mol. The van der Waals surface area contributed by atoms with Gasteiger partial charge in [0.25, 0.3) is 0 Å². The largest absolute Gasteiger partial charge is 0.444 e. The van der Waals surface area contributed by atoms with Crippen LogP contribution in [0.4, 0.5) is 10.5 Å². The molecule has 0 radical (unpaired) electrons. The zero-order valence-corrected chi connectivity index (χ0v) is 16.5. The number of hydrogen-bond acceptors (Lipinski definition) is 5. The Morgan fingerprint density at radius 1 is 1.30 bits per heavy atom. The summed E-state index contributed by atoms with van der Waals surface area (Å²) in [6.07, 6.45) is 1.54. The average molecular weight is 377 g/mol. The van der Waals surface area contributed by atoms with Crippen LogP contribution in [0, 0.1) is 0 Å². The van der Waals surface area contributed by atoms with Crippen LogP contribution in [0.2, 0.25) is 0 Å². The molecule has 0 bridgehead atoms. The SMILES string of the molecule is CC(=O)NC1CC(=O)N(c2cnn3c2CN(C(=O)OC(C)(C)C)[C@@H](C)C3)C1. The minimum Gasteiger partial charge on any atom is -0.444 e. The molecule has 9 nitrogen and oxygen atoms in total. The van der Waals surface area contributed by atoms with Gasteiger partial charge in [0.1, 0.15) is 5.60 Å². The van der Waals surface area contributed by atoms with Gasteiger partial charge >= 0.3 is 6.09 Å². The molecular weight excluding hydrogens is 350 g/mol. The number of ether oxygens (including phenoxy) is 1. The van der Waals surface area contributed by atoms with Gasteiger partial charge in [-0.25, -0.2) is 4.79 Å². The quantitative estimate of drug-likeness (QED) is 0.837. The molecule has 9 heteroatoms. The van der Waals surface area contributed by atoms with E-state index in [1.54, 1.807) is 16.0 Å². The number of carbonyl (C=O) groups excluding carboxylic acids is 3. The number of anilines is 1. The van der Waals surface area contributed by atoms with E-state index in [-0.39, 0.29) is 36.4 Å².